The number of rotatable bonds is 2. The van der Waals surface area contributed by atoms with Crippen molar-refractivity contribution in [3.05, 3.63) is 32.5 Å². The van der Waals surface area contributed by atoms with Crippen molar-refractivity contribution < 1.29 is 9.18 Å². The molecule has 1 heterocycles. The van der Waals surface area contributed by atoms with Crippen LogP contribution < -0.4 is 5.32 Å². The lowest BCUT2D eigenvalue weighted by Crippen LogP contribution is -2.19. The quantitative estimate of drug-likeness (QED) is 0.476. The fraction of sp³-hybridized carbons (Fsp3) is 0.100. The van der Waals surface area contributed by atoms with Gasteiger partial charge in [-0.3, -0.25) is 4.79 Å². The number of benzene rings is 1. The van der Waals surface area contributed by atoms with Crippen LogP contribution in [-0.2, 0) is 4.79 Å². The topological polar surface area (TPSA) is 53.8 Å². The van der Waals surface area contributed by atoms with E-state index < -0.39 is 0 Å². The van der Waals surface area contributed by atoms with Crippen LogP contribution in [0.3, 0.4) is 0 Å². The van der Waals surface area contributed by atoms with Crippen molar-refractivity contribution in [2.45, 2.75) is 0 Å². The van der Waals surface area contributed by atoms with E-state index in [1.165, 1.54) is 24.0 Å². The molecule has 1 amide bonds. The van der Waals surface area contributed by atoms with Gasteiger partial charge in [0.1, 0.15) is 5.82 Å². The molecule has 0 bridgehead atoms. The third kappa shape index (κ3) is 3.39. The van der Waals surface area contributed by atoms with E-state index in [1.807, 2.05) is 0 Å². The van der Waals surface area contributed by atoms with Crippen molar-refractivity contribution in [1.82, 2.24) is 5.32 Å². The van der Waals surface area contributed by atoms with Crippen molar-refractivity contribution in [2.75, 3.05) is 5.75 Å². The minimum Gasteiger partial charge on any atom is -0.303 e. The first-order chi connectivity index (χ1) is 8.56. The van der Waals surface area contributed by atoms with Crippen LogP contribution in [0.4, 0.5) is 4.39 Å². The summed E-state index contributed by atoms with van der Waals surface area (Å²) in [5, 5.41) is 10.7. The van der Waals surface area contributed by atoms with E-state index in [1.54, 1.807) is 6.07 Å². The summed E-state index contributed by atoms with van der Waals surface area (Å²) in [6, 6.07) is 2.92. The third-order valence-corrected chi connectivity index (χ3v) is 4.13. The van der Waals surface area contributed by atoms with E-state index in [4.69, 9.17) is 0 Å². The minimum absolute atomic E-state index is 0.0837. The number of carbonyl (C=O) groups excluding carboxylic acids is 1. The summed E-state index contributed by atoms with van der Waals surface area (Å²) in [7, 11) is 0. The van der Waals surface area contributed by atoms with Crippen molar-refractivity contribution in [3.8, 4) is 0 Å². The molecule has 0 unspecified atom stereocenters. The molecule has 1 aliphatic rings. The second-order valence-electron chi connectivity index (χ2n) is 3.27. The molecule has 1 fully saturated rings. The fourth-order valence-corrected chi connectivity index (χ4v) is 2.57. The highest BCUT2D eigenvalue weighted by Crippen LogP contribution is 2.23. The lowest BCUT2D eigenvalue weighted by Gasteiger charge is -1.99. The highest BCUT2D eigenvalue weighted by molar-refractivity contribution is 9.11. The largest absolute Gasteiger partial charge is 0.303 e. The maximum absolute atomic E-state index is 13.2. The summed E-state index contributed by atoms with van der Waals surface area (Å²) >= 11 is 7.61. The maximum atomic E-state index is 13.2. The van der Waals surface area contributed by atoms with E-state index in [0.29, 0.717) is 25.4 Å². The Morgan fingerprint density at radius 1 is 1.39 bits per heavy atom. The highest BCUT2D eigenvalue weighted by atomic mass is 79.9. The van der Waals surface area contributed by atoms with Crippen LogP contribution in [0.25, 0.3) is 0 Å². The Morgan fingerprint density at radius 3 is 2.83 bits per heavy atom. The second-order valence-corrected chi connectivity index (χ2v) is 5.95. The number of halogens is 3. The van der Waals surface area contributed by atoms with Crippen molar-refractivity contribution >= 4 is 60.9 Å². The molecule has 1 aromatic carbocycles. The molecule has 1 aromatic rings. The van der Waals surface area contributed by atoms with Crippen LogP contribution in [0.1, 0.15) is 5.56 Å². The Morgan fingerprint density at radius 2 is 2.17 bits per heavy atom. The maximum Gasteiger partial charge on any atom is 0.236 e. The zero-order chi connectivity index (χ0) is 13.1. The van der Waals surface area contributed by atoms with Gasteiger partial charge in [-0.1, -0.05) is 27.7 Å². The number of hydrogen-bond acceptors (Lipinski definition) is 4. The third-order valence-electron chi connectivity index (χ3n) is 1.97. The number of hydrogen-bond donors (Lipinski definition) is 1. The molecular weight excluding hydrogens is 389 g/mol. The van der Waals surface area contributed by atoms with Crippen LogP contribution in [0, 0.1) is 5.82 Å². The van der Waals surface area contributed by atoms with Gasteiger partial charge in [0, 0.05) is 10.0 Å². The van der Waals surface area contributed by atoms with E-state index >= 15 is 0 Å². The van der Waals surface area contributed by atoms with Gasteiger partial charge in [0.25, 0.3) is 0 Å². The highest BCUT2D eigenvalue weighted by Gasteiger charge is 2.15. The molecule has 0 atom stereocenters. The number of nitrogens with one attached hydrogen (secondary N) is 1. The molecule has 8 heteroatoms. The van der Waals surface area contributed by atoms with Gasteiger partial charge in [-0.2, -0.15) is 5.10 Å². The summed E-state index contributed by atoms with van der Waals surface area (Å²) in [6.07, 6.45) is 1.48. The smallest absolute Gasteiger partial charge is 0.236 e. The summed E-state index contributed by atoms with van der Waals surface area (Å²) in [5.74, 6) is -0.0798. The first-order valence-corrected chi connectivity index (χ1v) is 7.31. The van der Waals surface area contributed by atoms with Gasteiger partial charge in [0.05, 0.1) is 16.4 Å². The Balaban J connectivity index is 2.14. The van der Waals surface area contributed by atoms with Crippen molar-refractivity contribution in [2.24, 2.45) is 10.2 Å². The molecule has 2 rings (SSSR count). The van der Waals surface area contributed by atoms with Crippen LogP contribution >= 0.6 is 43.6 Å². The van der Waals surface area contributed by atoms with E-state index in [2.05, 4.69) is 47.4 Å². The van der Waals surface area contributed by atoms with Crippen LogP contribution in [0.5, 0.6) is 0 Å². The molecule has 1 N–H and O–H groups in total. The predicted molar refractivity (Wildman–Crippen MR) is 77.4 cm³/mol. The number of nitrogens with zero attached hydrogens (tertiary/aromatic N) is 2. The first kappa shape index (κ1) is 13.7. The van der Waals surface area contributed by atoms with Gasteiger partial charge < -0.3 is 5.32 Å². The fourth-order valence-electron chi connectivity index (χ4n) is 1.16. The Labute approximate surface area is 123 Å². The number of carbonyl (C=O) groups is 1. The molecule has 18 heavy (non-hydrogen) atoms. The normalized spacial score (nSPS) is 17.7. The van der Waals surface area contributed by atoms with Crippen molar-refractivity contribution in [3.63, 3.8) is 0 Å². The molecule has 0 aliphatic carbocycles. The molecule has 94 valence electrons. The van der Waals surface area contributed by atoms with Crippen LogP contribution in [-0.4, -0.2) is 23.0 Å². The SMILES string of the molecule is O=C1CSC(=NN=Cc2cc(Br)c(F)cc2Br)N1. The van der Waals surface area contributed by atoms with Gasteiger partial charge in [0.2, 0.25) is 5.91 Å². The minimum atomic E-state index is -0.357. The van der Waals surface area contributed by atoms with Crippen LogP contribution in [0.15, 0.2) is 31.3 Å². The van der Waals surface area contributed by atoms with Gasteiger partial charge >= 0.3 is 0 Å². The van der Waals surface area contributed by atoms with E-state index in [-0.39, 0.29) is 11.7 Å². The lowest BCUT2D eigenvalue weighted by molar-refractivity contribution is -0.116. The molecule has 0 saturated carbocycles. The second kappa shape index (κ2) is 5.94. The monoisotopic (exact) mass is 393 g/mol. The Bertz CT molecular complexity index is 562. The van der Waals surface area contributed by atoms with Gasteiger partial charge in [-0.05, 0) is 28.1 Å². The summed E-state index contributed by atoms with van der Waals surface area (Å²) in [6.45, 7) is 0. The van der Waals surface area contributed by atoms with E-state index in [9.17, 15) is 9.18 Å². The zero-order valence-corrected chi connectivity index (χ0v) is 12.8. The van der Waals surface area contributed by atoms with Gasteiger partial charge in [0.15, 0.2) is 5.17 Å². The van der Waals surface area contributed by atoms with Crippen molar-refractivity contribution in [1.29, 1.82) is 0 Å². The summed E-state index contributed by atoms with van der Waals surface area (Å²) < 4.78 is 14.1. The Kier molecular flexibility index (Phi) is 4.52. The lowest BCUT2D eigenvalue weighted by atomic mass is 10.2. The molecule has 1 aliphatic heterocycles. The van der Waals surface area contributed by atoms with Gasteiger partial charge in [-0.25, -0.2) is 4.39 Å². The zero-order valence-electron chi connectivity index (χ0n) is 8.78. The molecular formula is C10H6Br2FN3OS. The number of thioether (sulfide) groups is 1. The van der Waals surface area contributed by atoms with E-state index in [0.717, 1.165) is 0 Å². The molecule has 4 nitrogen and oxygen atoms in total. The molecule has 0 spiro atoms. The molecule has 1 saturated heterocycles. The number of amides is 1. The first-order valence-electron chi connectivity index (χ1n) is 4.74. The average molecular weight is 395 g/mol. The summed E-state index contributed by atoms with van der Waals surface area (Å²) in [4.78, 5) is 10.9. The average Bonchev–Trinajstić information content (AvgIpc) is 2.71. The predicted octanol–water partition coefficient (Wildman–Crippen LogP) is 2.90. The van der Waals surface area contributed by atoms with Crippen LogP contribution in [0.2, 0.25) is 0 Å². The summed E-state index contributed by atoms with van der Waals surface area (Å²) in [5.41, 5.74) is 0.682. The number of amidine groups is 1. The molecule has 0 radical (unpaired) electrons. The molecule has 0 aromatic heterocycles. The van der Waals surface area contributed by atoms with Gasteiger partial charge in [-0.15, -0.1) is 5.10 Å². The Hall–Kier alpha value is -0.730. The standard InChI is InChI=1S/C10H6Br2FN3OS/c11-6-2-8(13)7(12)1-5(6)3-14-16-10-15-9(17)4-18-10/h1-3H,4H2,(H,15,16,17).